The van der Waals surface area contributed by atoms with Gasteiger partial charge in [-0.1, -0.05) is 6.07 Å². The molecule has 0 aromatic heterocycles. The molecule has 0 spiro atoms. The van der Waals surface area contributed by atoms with Crippen molar-refractivity contribution in [3.63, 3.8) is 0 Å². The van der Waals surface area contributed by atoms with Gasteiger partial charge in [0.2, 0.25) is 0 Å². The maximum Gasteiger partial charge on any atom is 0.267 e. The van der Waals surface area contributed by atoms with E-state index in [0.717, 1.165) is 11.6 Å². The third-order valence-electron chi connectivity index (χ3n) is 2.08. The molecule has 1 heterocycles. The van der Waals surface area contributed by atoms with Crippen molar-refractivity contribution in [2.75, 3.05) is 7.05 Å². The van der Waals surface area contributed by atoms with Gasteiger partial charge in [0.1, 0.15) is 5.82 Å². The third kappa shape index (κ3) is 1.50. The molecular weight excluding hydrogens is 211 g/mol. The van der Waals surface area contributed by atoms with E-state index in [1.165, 1.54) is 11.9 Å². The number of rotatable bonds is 1. The van der Waals surface area contributed by atoms with Crippen molar-refractivity contribution in [3.8, 4) is 0 Å². The monoisotopic (exact) mass is 219 g/mol. The van der Waals surface area contributed by atoms with Crippen LogP contribution >= 0.6 is 11.9 Å². The molecule has 1 nitrogen and oxygen atoms in total. The van der Waals surface area contributed by atoms with Gasteiger partial charge in [0.15, 0.2) is 0 Å². The van der Waals surface area contributed by atoms with E-state index in [-0.39, 0.29) is 0 Å². The van der Waals surface area contributed by atoms with Crippen LogP contribution in [0.5, 0.6) is 0 Å². The van der Waals surface area contributed by atoms with Crippen molar-refractivity contribution in [3.05, 3.63) is 29.1 Å². The standard InChI is InChI=1S/C9H8F3NS/c1-13-4-5-2-3-6(10)7(9(11)12)8(5)14-13/h2-3,9H,4H2,1H3. The number of alkyl halides is 2. The lowest BCUT2D eigenvalue weighted by molar-refractivity contribution is 0.143. The Hall–Kier alpha value is -0.680. The second-order valence-corrected chi connectivity index (χ2v) is 4.34. The van der Waals surface area contributed by atoms with Gasteiger partial charge in [-0.15, -0.1) is 0 Å². The molecule has 0 saturated heterocycles. The molecule has 1 aliphatic heterocycles. The number of hydrogen-bond acceptors (Lipinski definition) is 2. The Bertz CT molecular complexity index is 367. The highest BCUT2D eigenvalue weighted by atomic mass is 32.2. The topological polar surface area (TPSA) is 3.24 Å². The summed E-state index contributed by atoms with van der Waals surface area (Å²) in [6.45, 7) is 0.583. The van der Waals surface area contributed by atoms with Crippen molar-refractivity contribution in [1.29, 1.82) is 0 Å². The lowest BCUT2D eigenvalue weighted by Crippen LogP contribution is -1.99. The minimum absolute atomic E-state index is 0.377. The van der Waals surface area contributed by atoms with Crippen LogP contribution in [0, 0.1) is 5.82 Å². The first-order valence-electron chi connectivity index (χ1n) is 4.08. The van der Waals surface area contributed by atoms with E-state index in [4.69, 9.17) is 0 Å². The molecule has 0 radical (unpaired) electrons. The van der Waals surface area contributed by atoms with E-state index < -0.39 is 17.8 Å². The molecule has 1 aromatic rings. The van der Waals surface area contributed by atoms with E-state index in [1.54, 1.807) is 17.4 Å². The number of halogens is 3. The molecule has 0 atom stereocenters. The van der Waals surface area contributed by atoms with E-state index in [1.807, 2.05) is 0 Å². The van der Waals surface area contributed by atoms with Crippen LogP contribution in [0.4, 0.5) is 13.2 Å². The van der Waals surface area contributed by atoms with Crippen LogP contribution < -0.4 is 0 Å². The summed E-state index contributed by atoms with van der Waals surface area (Å²) in [5.74, 6) is -0.818. The summed E-state index contributed by atoms with van der Waals surface area (Å²) < 4.78 is 40.0. The van der Waals surface area contributed by atoms with Crippen LogP contribution in [-0.2, 0) is 6.54 Å². The first-order valence-corrected chi connectivity index (χ1v) is 4.85. The number of hydrogen-bond donors (Lipinski definition) is 0. The molecule has 0 amide bonds. The van der Waals surface area contributed by atoms with Gasteiger partial charge in [-0.3, -0.25) is 0 Å². The Morgan fingerprint density at radius 1 is 1.43 bits per heavy atom. The van der Waals surface area contributed by atoms with Crippen LogP contribution in [0.2, 0.25) is 0 Å². The zero-order valence-electron chi connectivity index (χ0n) is 7.43. The second-order valence-electron chi connectivity index (χ2n) is 3.13. The van der Waals surface area contributed by atoms with Crippen molar-refractivity contribution < 1.29 is 13.2 Å². The SMILES string of the molecule is CN1Cc2ccc(F)c(C(F)F)c2S1. The van der Waals surface area contributed by atoms with Crippen LogP contribution in [0.1, 0.15) is 17.6 Å². The van der Waals surface area contributed by atoms with Crippen molar-refractivity contribution in [2.24, 2.45) is 0 Å². The van der Waals surface area contributed by atoms with E-state index in [2.05, 4.69) is 0 Å². The quantitative estimate of drug-likeness (QED) is 0.667. The summed E-state index contributed by atoms with van der Waals surface area (Å²) in [7, 11) is 1.79. The van der Waals surface area contributed by atoms with Crippen molar-refractivity contribution >= 4 is 11.9 Å². The van der Waals surface area contributed by atoms with Gasteiger partial charge in [0.25, 0.3) is 6.43 Å². The van der Waals surface area contributed by atoms with Crippen LogP contribution in [0.3, 0.4) is 0 Å². The lowest BCUT2D eigenvalue weighted by Gasteiger charge is -2.07. The Morgan fingerprint density at radius 3 is 2.79 bits per heavy atom. The van der Waals surface area contributed by atoms with Gasteiger partial charge in [-0.05, 0) is 30.6 Å². The van der Waals surface area contributed by atoms with E-state index >= 15 is 0 Å². The summed E-state index contributed by atoms with van der Waals surface area (Å²) >= 11 is 1.17. The average Bonchev–Trinajstić information content (AvgIpc) is 2.43. The molecular formula is C9H8F3NS. The molecule has 0 bridgehead atoms. The fraction of sp³-hybridized carbons (Fsp3) is 0.333. The predicted molar refractivity (Wildman–Crippen MR) is 48.7 cm³/mol. The molecule has 0 N–H and O–H groups in total. The summed E-state index contributed by atoms with van der Waals surface area (Å²) in [6, 6.07) is 2.67. The van der Waals surface area contributed by atoms with Gasteiger partial charge >= 0.3 is 0 Å². The molecule has 1 aliphatic rings. The van der Waals surface area contributed by atoms with E-state index in [9.17, 15) is 13.2 Å². The normalized spacial score (nSPS) is 16.4. The molecule has 1 aromatic carbocycles. The fourth-order valence-electron chi connectivity index (χ4n) is 1.48. The Morgan fingerprint density at radius 2 is 2.14 bits per heavy atom. The molecule has 0 unspecified atom stereocenters. The van der Waals surface area contributed by atoms with Crippen molar-refractivity contribution in [1.82, 2.24) is 4.31 Å². The highest BCUT2D eigenvalue weighted by molar-refractivity contribution is 7.97. The molecule has 5 heteroatoms. The summed E-state index contributed by atoms with van der Waals surface area (Å²) in [4.78, 5) is 0.377. The van der Waals surface area contributed by atoms with Crippen LogP contribution in [-0.4, -0.2) is 11.4 Å². The highest BCUT2D eigenvalue weighted by Gasteiger charge is 2.27. The van der Waals surface area contributed by atoms with Gasteiger partial charge in [0.05, 0.1) is 5.56 Å². The largest absolute Gasteiger partial charge is 0.267 e. The lowest BCUT2D eigenvalue weighted by atomic mass is 10.1. The Labute approximate surface area is 84.0 Å². The van der Waals surface area contributed by atoms with Gasteiger partial charge < -0.3 is 0 Å². The van der Waals surface area contributed by atoms with Gasteiger partial charge in [-0.25, -0.2) is 17.5 Å². The summed E-state index contributed by atoms with van der Waals surface area (Å²) in [5, 5.41) is 0. The smallest absolute Gasteiger partial charge is 0.245 e. The van der Waals surface area contributed by atoms with E-state index in [0.29, 0.717) is 11.4 Å². The minimum Gasteiger partial charge on any atom is -0.245 e. The fourth-order valence-corrected chi connectivity index (χ4v) is 2.53. The summed E-state index contributed by atoms with van der Waals surface area (Å²) in [6.07, 6.45) is -2.75. The summed E-state index contributed by atoms with van der Waals surface area (Å²) in [5.41, 5.74) is 0.311. The first-order chi connectivity index (χ1) is 6.59. The zero-order valence-corrected chi connectivity index (χ0v) is 8.25. The Balaban J connectivity index is 2.54. The van der Waals surface area contributed by atoms with Gasteiger partial charge in [-0.2, -0.15) is 0 Å². The maximum absolute atomic E-state index is 13.1. The molecule has 0 aliphatic carbocycles. The van der Waals surface area contributed by atoms with Crippen LogP contribution in [0.15, 0.2) is 17.0 Å². The minimum atomic E-state index is -2.75. The average molecular weight is 219 g/mol. The molecule has 76 valence electrons. The third-order valence-corrected chi connectivity index (χ3v) is 3.19. The molecule has 0 fully saturated rings. The Kier molecular flexibility index (Phi) is 2.45. The van der Waals surface area contributed by atoms with Crippen molar-refractivity contribution in [2.45, 2.75) is 17.9 Å². The first kappa shape index (κ1) is 9.86. The maximum atomic E-state index is 13.1. The van der Waals surface area contributed by atoms with Crippen LogP contribution in [0.25, 0.3) is 0 Å². The molecule has 14 heavy (non-hydrogen) atoms. The molecule has 2 rings (SSSR count). The zero-order chi connectivity index (χ0) is 10.3. The molecule has 0 saturated carbocycles. The number of benzene rings is 1. The number of fused-ring (bicyclic) bond motifs is 1. The van der Waals surface area contributed by atoms with Gasteiger partial charge in [0, 0.05) is 11.4 Å². The second kappa shape index (κ2) is 3.47. The highest BCUT2D eigenvalue weighted by Crippen LogP contribution is 2.41. The number of nitrogens with zero attached hydrogens (tertiary/aromatic N) is 1. The predicted octanol–water partition coefficient (Wildman–Crippen LogP) is 3.22.